The highest BCUT2D eigenvalue weighted by Gasteiger charge is 2.41. The van der Waals surface area contributed by atoms with Crippen LogP contribution in [0, 0.1) is 0 Å². The standard InChI is InChI=1S/C27H24N2O2S/c30-26-24(28-17-16-21-11-7-8-12-22(21)19-28)25(32-23-13-5-2-6-14-23)27(31)29(26)18-15-20-9-3-1-4-10-20/h1-14H,15-19H2. The quantitative estimate of drug-likeness (QED) is 0.523. The summed E-state index contributed by atoms with van der Waals surface area (Å²) < 4.78 is 0. The molecule has 0 atom stereocenters. The molecule has 0 aromatic heterocycles. The smallest absolute Gasteiger partial charge is 0.278 e. The average molecular weight is 441 g/mol. The van der Waals surface area contributed by atoms with Crippen molar-refractivity contribution in [3.63, 3.8) is 0 Å². The molecule has 4 nitrogen and oxygen atoms in total. The molecule has 0 fully saturated rings. The highest BCUT2D eigenvalue weighted by Crippen LogP contribution is 2.38. The molecule has 160 valence electrons. The van der Waals surface area contributed by atoms with E-state index in [1.807, 2.05) is 66.7 Å². The number of hydrogen-bond acceptors (Lipinski definition) is 4. The van der Waals surface area contributed by atoms with Gasteiger partial charge in [-0.15, -0.1) is 0 Å². The van der Waals surface area contributed by atoms with E-state index in [9.17, 15) is 9.59 Å². The predicted octanol–water partition coefficient (Wildman–Crippen LogP) is 4.66. The lowest BCUT2D eigenvalue weighted by atomic mass is 9.99. The fourth-order valence-electron chi connectivity index (χ4n) is 4.29. The van der Waals surface area contributed by atoms with Crippen molar-refractivity contribution in [1.29, 1.82) is 0 Å². The van der Waals surface area contributed by atoms with Crippen LogP contribution in [0.15, 0.2) is 100 Å². The SMILES string of the molecule is O=C1C(Sc2ccccc2)=C(N2CCc3ccccc3C2)C(=O)N1CCc1ccccc1. The number of benzene rings is 3. The molecule has 5 heteroatoms. The summed E-state index contributed by atoms with van der Waals surface area (Å²) in [5.74, 6) is -0.364. The summed E-state index contributed by atoms with van der Waals surface area (Å²) in [6, 6.07) is 28.1. The van der Waals surface area contributed by atoms with Gasteiger partial charge in [0.25, 0.3) is 11.8 Å². The molecule has 3 aromatic carbocycles. The van der Waals surface area contributed by atoms with Crippen molar-refractivity contribution in [1.82, 2.24) is 9.80 Å². The van der Waals surface area contributed by atoms with Gasteiger partial charge in [-0.1, -0.05) is 84.6 Å². The van der Waals surface area contributed by atoms with Crippen molar-refractivity contribution < 1.29 is 9.59 Å². The molecule has 2 aliphatic heterocycles. The fourth-order valence-corrected chi connectivity index (χ4v) is 5.33. The van der Waals surface area contributed by atoms with Gasteiger partial charge in [-0.05, 0) is 41.7 Å². The lowest BCUT2D eigenvalue weighted by Crippen LogP contribution is -2.38. The van der Waals surface area contributed by atoms with Crippen LogP contribution in [-0.2, 0) is 29.0 Å². The van der Waals surface area contributed by atoms with Crippen LogP contribution in [0.4, 0.5) is 0 Å². The first-order valence-electron chi connectivity index (χ1n) is 10.9. The summed E-state index contributed by atoms with van der Waals surface area (Å²) in [7, 11) is 0. The zero-order valence-electron chi connectivity index (χ0n) is 17.7. The minimum atomic E-state index is -0.186. The molecule has 0 spiro atoms. The Kier molecular flexibility index (Phi) is 5.82. The molecule has 0 saturated heterocycles. The molecule has 0 saturated carbocycles. The third kappa shape index (κ3) is 4.08. The highest BCUT2D eigenvalue weighted by molar-refractivity contribution is 8.04. The molecule has 5 rings (SSSR count). The summed E-state index contributed by atoms with van der Waals surface area (Å²) in [5, 5.41) is 0. The number of amides is 2. The molecule has 0 N–H and O–H groups in total. The van der Waals surface area contributed by atoms with Crippen molar-refractivity contribution in [2.75, 3.05) is 13.1 Å². The summed E-state index contributed by atoms with van der Waals surface area (Å²) >= 11 is 1.40. The molecule has 0 bridgehead atoms. The van der Waals surface area contributed by atoms with Crippen molar-refractivity contribution >= 4 is 23.6 Å². The van der Waals surface area contributed by atoms with Gasteiger partial charge in [0.05, 0.1) is 0 Å². The Bertz CT molecular complexity index is 1170. The lowest BCUT2D eigenvalue weighted by Gasteiger charge is -2.31. The second-order valence-corrected chi connectivity index (χ2v) is 9.11. The fraction of sp³-hybridized carbons (Fsp3) is 0.185. The van der Waals surface area contributed by atoms with E-state index in [2.05, 4.69) is 23.1 Å². The average Bonchev–Trinajstić information content (AvgIpc) is 3.07. The van der Waals surface area contributed by atoms with Crippen molar-refractivity contribution in [3.05, 3.63) is 112 Å². The van der Waals surface area contributed by atoms with Crippen LogP contribution in [0.2, 0.25) is 0 Å². The number of carbonyl (C=O) groups excluding carboxylic acids is 2. The Morgan fingerprint density at radius 2 is 1.41 bits per heavy atom. The second-order valence-electron chi connectivity index (χ2n) is 8.03. The normalized spacial score (nSPS) is 16.0. The van der Waals surface area contributed by atoms with Gasteiger partial charge < -0.3 is 4.90 Å². The molecule has 0 unspecified atom stereocenters. The maximum Gasteiger partial charge on any atom is 0.278 e. The van der Waals surface area contributed by atoms with Gasteiger partial charge in [-0.3, -0.25) is 14.5 Å². The van der Waals surface area contributed by atoms with Crippen LogP contribution < -0.4 is 0 Å². The van der Waals surface area contributed by atoms with E-state index in [1.54, 1.807) is 0 Å². The first-order valence-corrected chi connectivity index (χ1v) is 11.7. The number of nitrogens with zero attached hydrogens (tertiary/aromatic N) is 2. The monoisotopic (exact) mass is 440 g/mol. The van der Waals surface area contributed by atoms with E-state index in [4.69, 9.17) is 0 Å². The van der Waals surface area contributed by atoms with Crippen molar-refractivity contribution in [2.45, 2.75) is 24.3 Å². The van der Waals surface area contributed by atoms with Crippen molar-refractivity contribution in [3.8, 4) is 0 Å². The minimum Gasteiger partial charge on any atom is -0.361 e. The van der Waals surface area contributed by atoms with Crippen LogP contribution in [-0.4, -0.2) is 34.7 Å². The Hall–Kier alpha value is -3.31. The van der Waals surface area contributed by atoms with E-state index in [0.29, 0.717) is 30.1 Å². The first kappa shape index (κ1) is 20.6. The van der Waals surface area contributed by atoms with Crippen molar-refractivity contribution in [2.24, 2.45) is 0 Å². The van der Waals surface area contributed by atoms with Crippen LogP contribution >= 0.6 is 11.8 Å². The summed E-state index contributed by atoms with van der Waals surface area (Å²) in [5.41, 5.74) is 4.20. The largest absolute Gasteiger partial charge is 0.361 e. The lowest BCUT2D eigenvalue weighted by molar-refractivity contribution is -0.137. The van der Waals surface area contributed by atoms with Crippen LogP contribution in [0.5, 0.6) is 0 Å². The number of carbonyl (C=O) groups is 2. The zero-order chi connectivity index (χ0) is 21.9. The minimum absolute atomic E-state index is 0.177. The second kappa shape index (κ2) is 9.05. The van der Waals surface area contributed by atoms with Gasteiger partial charge >= 0.3 is 0 Å². The van der Waals surface area contributed by atoms with Gasteiger partial charge in [0.1, 0.15) is 10.6 Å². The molecule has 2 heterocycles. The number of hydrogen-bond donors (Lipinski definition) is 0. The topological polar surface area (TPSA) is 40.6 Å². The third-order valence-corrected chi connectivity index (χ3v) is 7.06. The zero-order valence-corrected chi connectivity index (χ0v) is 18.6. The van der Waals surface area contributed by atoms with Crippen LogP contribution in [0.3, 0.4) is 0 Å². The summed E-state index contributed by atoms with van der Waals surface area (Å²) in [6.45, 7) is 1.76. The molecule has 32 heavy (non-hydrogen) atoms. The Balaban J connectivity index is 1.45. The first-order chi connectivity index (χ1) is 15.7. The summed E-state index contributed by atoms with van der Waals surface area (Å²) in [4.78, 5) is 32.0. The van der Waals surface area contributed by atoms with E-state index in [0.717, 1.165) is 23.4 Å². The maximum atomic E-state index is 13.5. The number of thioether (sulfide) groups is 1. The third-order valence-electron chi connectivity index (χ3n) is 5.98. The Morgan fingerprint density at radius 1 is 0.750 bits per heavy atom. The van der Waals surface area contributed by atoms with E-state index >= 15 is 0 Å². The van der Waals surface area contributed by atoms with Crippen LogP contribution in [0.1, 0.15) is 16.7 Å². The van der Waals surface area contributed by atoms with E-state index in [1.165, 1.54) is 27.8 Å². The predicted molar refractivity (Wildman–Crippen MR) is 127 cm³/mol. The maximum absolute atomic E-state index is 13.5. The van der Waals surface area contributed by atoms with Gasteiger partial charge in [0, 0.05) is 24.5 Å². The molecular formula is C27H24N2O2S. The molecule has 3 aromatic rings. The van der Waals surface area contributed by atoms with Gasteiger partial charge in [-0.25, -0.2) is 0 Å². The molecule has 2 amide bonds. The molecule has 0 radical (unpaired) electrons. The Morgan fingerprint density at radius 3 is 2.16 bits per heavy atom. The highest BCUT2D eigenvalue weighted by atomic mass is 32.2. The van der Waals surface area contributed by atoms with E-state index in [-0.39, 0.29) is 11.8 Å². The molecule has 0 aliphatic carbocycles. The van der Waals surface area contributed by atoms with Gasteiger partial charge in [-0.2, -0.15) is 0 Å². The summed E-state index contributed by atoms with van der Waals surface area (Å²) in [6.07, 6.45) is 1.52. The van der Waals surface area contributed by atoms with Gasteiger partial charge in [0.15, 0.2) is 0 Å². The van der Waals surface area contributed by atoms with Crippen LogP contribution in [0.25, 0.3) is 0 Å². The number of imide groups is 1. The van der Waals surface area contributed by atoms with Gasteiger partial charge in [0.2, 0.25) is 0 Å². The Labute approximate surface area is 192 Å². The number of fused-ring (bicyclic) bond motifs is 1. The molecular weight excluding hydrogens is 416 g/mol. The molecule has 2 aliphatic rings. The van der Waals surface area contributed by atoms with E-state index < -0.39 is 0 Å². The number of rotatable bonds is 6.